The molecular formula is C18H18FN5O4. The number of carbonyl (C=O) groups is 1. The molecular weight excluding hydrogens is 369 g/mol. The van der Waals surface area contributed by atoms with Crippen molar-refractivity contribution < 1.29 is 18.7 Å². The predicted molar refractivity (Wildman–Crippen MR) is 97.1 cm³/mol. The minimum absolute atomic E-state index is 0.126. The number of H-pyrrole nitrogens is 1. The standard InChI is InChI=1S/C18H18FN5O4/c1-3-27-18(26)13-6-21-24-8-14-16(22-15(13)24)23(10(2)9-28-14)7-11-4-12(19)5-20-17(11)25/h4-6,8,10H,3,7,9H2,1-2H3,(H,20,25)/t10-/m1/s1. The van der Waals surface area contributed by atoms with Crippen molar-refractivity contribution >= 4 is 17.4 Å². The molecule has 146 valence electrons. The number of esters is 1. The molecule has 0 unspecified atom stereocenters. The van der Waals surface area contributed by atoms with E-state index in [0.717, 1.165) is 6.20 Å². The highest BCUT2D eigenvalue weighted by atomic mass is 19.1. The second kappa shape index (κ2) is 6.95. The number of fused-ring (bicyclic) bond motifs is 2. The summed E-state index contributed by atoms with van der Waals surface area (Å²) in [5, 5.41) is 4.13. The zero-order chi connectivity index (χ0) is 19.8. The number of nitrogens with zero attached hydrogens (tertiary/aromatic N) is 4. The van der Waals surface area contributed by atoms with Crippen molar-refractivity contribution in [1.29, 1.82) is 0 Å². The number of nitrogens with one attached hydrogen (secondary N) is 1. The second-order valence-corrected chi connectivity index (χ2v) is 6.44. The molecule has 0 aliphatic carbocycles. The van der Waals surface area contributed by atoms with Crippen LogP contribution in [0, 0.1) is 5.82 Å². The van der Waals surface area contributed by atoms with Gasteiger partial charge in [-0.3, -0.25) is 4.79 Å². The van der Waals surface area contributed by atoms with Crippen molar-refractivity contribution in [2.45, 2.75) is 26.4 Å². The van der Waals surface area contributed by atoms with E-state index in [4.69, 9.17) is 9.47 Å². The van der Waals surface area contributed by atoms with Gasteiger partial charge in [-0.05, 0) is 19.9 Å². The van der Waals surface area contributed by atoms with Crippen LogP contribution < -0.4 is 15.2 Å². The van der Waals surface area contributed by atoms with Gasteiger partial charge in [0.1, 0.15) is 18.0 Å². The van der Waals surface area contributed by atoms with Gasteiger partial charge in [0.25, 0.3) is 5.56 Å². The summed E-state index contributed by atoms with van der Waals surface area (Å²) in [6.45, 7) is 4.35. The zero-order valence-electron chi connectivity index (χ0n) is 15.3. The normalized spacial score (nSPS) is 16.0. The van der Waals surface area contributed by atoms with Gasteiger partial charge in [-0.2, -0.15) is 5.10 Å². The van der Waals surface area contributed by atoms with Gasteiger partial charge in [0, 0.05) is 11.8 Å². The van der Waals surface area contributed by atoms with Crippen LogP contribution in [0.4, 0.5) is 10.2 Å². The van der Waals surface area contributed by atoms with E-state index in [1.807, 2.05) is 11.8 Å². The number of aromatic amines is 1. The molecule has 0 bridgehead atoms. The number of halogens is 1. The number of pyridine rings is 1. The van der Waals surface area contributed by atoms with E-state index in [2.05, 4.69) is 15.1 Å². The van der Waals surface area contributed by atoms with Crippen LogP contribution in [0.25, 0.3) is 5.65 Å². The Balaban J connectivity index is 1.79. The van der Waals surface area contributed by atoms with Crippen LogP contribution in [0.2, 0.25) is 0 Å². The van der Waals surface area contributed by atoms with Crippen LogP contribution >= 0.6 is 0 Å². The summed E-state index contributed by atoms with van der Waals surface area (Å²) in [7, 11) is 0. The molecule has 1 N–H and O–H groups in total. The molecule has 1 aliphatic heterocycles. The molecule has 0 fully saturated rings. The number of hydrogen-bond acceptors (Lipinski definition) is 7. The van der Waals surface area contributed by atoms with E-state index in [0.29, 0.717) is 23.8 Å². The first-order valence-corrected chi connectivity index (χ1v) is 8.80. The number of ether oxygens (including phenoxy) is 2. The van der Waals surface area contributed by atoms with Gasteiger partial charge in [0.05, 0.1) is 31.6 Å². The lowest BCUT2D eigenvalue weighted by Gasteiger charge is -2.35. The highest BCUT2D eigenvalue weighted by Gasteiger charge is 2.29. The Morgan fingerprint density at radius 3 is 3.11 bits per heavy atom. The molecule has 1 atom stereocenters. The van der Waals surface area contributed by atoms with Gasteiger partial charge in [-0.15, -0.1) is 0 Å². The molecule has 10 heteroatoms. The van der Waals surface area contributed by atoms with Crippen molar-refractivity contribution in [2.75, 3.05) is 18.1 Å². The van der Waals surface area contributed by atoms with Gasteiger partial charge in [-0.25, -0.2) is 18.7 Å². The van der Waals surface area contributed by atoms with E-state index < -0.39 is 11.8 Å². The van der Waals surface area contributed by atoms with E-state index in [9.17, 15) is 14.0 Å². The van der Waals surface area contributed by atoms with Crippen LogP contribution in [0.15, 0.2) is 29.5 Å². The summed E-state index contributed by atoms with van der Waals surface area (Å²) >= 11 is 0. The highest BCUT2D eigenvalue weighted by molar-refractivity contribution is 5.95. The van der Waals surface area contributed by atoms with Gasteiger partial charge in [0.2, 0.25) is 0 Å². The first kappa shape index (κ1) is 18.0. The summed E-state index contributed by atoms with van der Waals surface area (Å²) < 4.78 is 25.8. The Bertz CT molecular complexity index is 1110. The third-order valence-electron chi connectivity index (χ3n) is 4.51. The lowest BCUT2D eigenvalue weighted by Crippen LogP contribution is -2.42. The van der Waals surface area contributed by atoms with Crippen LogP contribution in [0.5, 0.6) is 5.75 Å². The summed E-state index contributed by atoms with van der Waals surface area (Å²) in [6.07, 6.45) is 4.02. The molecule has 4 rings (SSSR count). The quantitative estimate of drug-likeness (QED) is 0.677. The highest BCUT2D eigenvalue weighted by Crippen LogP contribution is 2.33. The average Bonchev–Trinajstić information content (AvgIpc) is 3.08. The van der Waals surface area contributed by atoms with Crippen LogP contribution in [0.3, 0.4) is 0 Å². The fourth-order valence-electron chi connectivity index (χ4n) is 3.09. The molecule has 9 nitrogen and oxygen atoms in total. The van der Waals surface area contributed by atoms with E-state index in [1.54, 1.807) is 13.1 Å². The maximum absolute atomic E-state index is 13.6. The van der Waals surface area contributed by atoms with Gasteiger partial charge in [-0.1, -0.05) is 0 Å². The van der Waals surface area contributed by atoms with Gasteiger partial charge < -0.3 is 19.4 Å². The molecule has 3 aromatic rings. The van der Waals surface area contributed by atoms with Crippen molar-refractivity contribution in [3.8, 4) is 5.75 Å². The van der Waals surface area contributed by atoms with Crippen molar-refractivity contribution in [2.24, 2.45) is 0 Å². The predicted octanol–water partition coefficient (Wildman–Crippen LogP) is 1.52. The van der Waals surface area contributed by atoms with Crippen molar-refractivity contribution in [3.63, 3.8) is 0 Å². The molecule has 0 spiro atoms. The molecule has 4 heterocycles. The first-order chi connectivity index (χ1) is 13.5. The smallest absolute Gasteiger partial charge is 0.343 e. The topological polar surface area (TPSA) is 102 Å². The summed E-state index contributed by atoms with van der Waals surface area (Å²) in [5.41, 5.74) is 0.430. The molecule has 0 aromatic carbocycles. The van der Waals surface area contributed by atoms with Crippen LogP contribution in [-0.4, -0.2) is 44.8 Å². The Morgan fingerprint density at radius 1 is 1.50 bits per heavy atom. The minimum Gasteiger partial charge on any atom is -0.486 e. The Labute approximate surface area is 158 Å². The lowest BCUT2D eigenvalue weighted by molar-refractivity contribution is 0.0528. The largest absolute Gasteiger partial charge is 0.486 e. The monoisotopic (exact) mass is 387 g/mol. The molecule has 0 saturated carbocycles. The maximum Gasteiger partial charge on any atom is 0.343 e. The third kappa shape index (κ3) is 3.06. The summed E-state index contributed by atoms with van der Waals surface area (Å²) in [6, 6.07) is 1.07. The maximum atomic E-state index is 13.6. The number of hydrogen-bond donors (Lipinski definition) is 1. The fraction of sp³-hybridized carbons (Fsp3) is 0.333. The summed E-state index contributed by atoms with van der Waals surface area (Å²) in [4.78, 5) is 33.0. The molecule has 1 aliphatic rings. The third-order valence-corrected chi connectivity index (χ3v) is 4.51. The number of anilines is 1. The van der Waals surface area contributed by atoms with Gasteiger partial charge >= 0.3 is 5.97 Å². The van der Waals surface area contributed by atoms with Crippen LogP contribution in [0.1, 0.15) is 29.8 Å². The number of aromatic nitrogens is 4. The molecule has 3 aromatic heterocycles. The lowest BCUT2D eigenvalue weighted by atomic mass is 10.2. The van der Waals surface area contributed by atoms with E-state index in [-0.39, 0.29) is 35.9 Å². The Morgan fingerprint density at radius 2 is 2.32 bits per heavy atom. The molecule has 0 saturated heterocycles. The molecule has 0 amide bonds. The summed E-state index contributed by atoms with van der Waals surface area (Å²) in [5.74, 6) is -0.153. The fourth-order valence-corrected chi connectivity index (χ4v) is 3.09. The number of carbonyl (C=O) groups excluding carboxylic acids is 1. The van der Waals surface area contributed by atoms with E-state index >= 15 is 0 Å². The van der Waals surface area contributed by atoms with Crippen LogP contribution in [-0.2, 0) is 11.3 Å². The SMILES string of the molecule is CCOC(=O)c1cnn2cc3c(nc12)N(Cc1cc(F)c[nH]c1=O)[C@H](C)CO3. The van der Waals surface area contributed by atoms with Crippen molar-refractivity contribution in [1.82, 2.24) is 19.6 Å². The minimum atomic E-state index is -0.528. The van der Waals surface area contributed by atoms with Crippen molar-refractivity contribution in [3.05, 3.63) is 52.0 Å². The Kier molecular flexibility index (Phi) is 4.46. The zero-order valence-corrected chi connectivity index (χ0v) is 15.3. The second-order valence-electron chi connectivity index (χ2n) is 6.44. The van der Waals surface area contributed by atoms with Gasteiger partial charge in [0.15, 0.2) is 17.2 Å². The Hall–Kier alpha value is -3.43. The average molecular weight is 387 g/mol. The number of rotatable bonds is 4. The molecule has 0 radical (unpaired) electrons. The first-order valence-electron chi connectivity index (χ1n) is 8.80. The molecule has 28 heavy (non-hydrogen) atoms. The van der Waals surface area contributed by atoms with E-state index in [1.165, 1.54) is 16.8 Å².